The predicted octanol–water partition coefficient (Wildman–Crippen LogP) is 5.35. The summed E-state index contributed by atoms with van der Waals surface area (Å²) in [6.07, 6.45) is 14.2. The number of fused-ring (bicyclic) bond motifs is 5. The van der Waals surface area contributed by atoms with Gasteiger partial charge in [-0.2, -0.15) is 0 Å². The van der Waals surface area contributed by atoms with Crippen molar-refractivity contribution in [1.82, 2.24) is 0 Å². The quantitative estimate of drug-likeness (QED) is 0.600. The van der Waals surface area contributed by atoms with E-state index >= 15 is 0 Å². The number of methoxy groups -OCH3 is 1. The van der Waals surface area contributed by atoms with Gasteiger partial charge in [0.2, 0.25) is 0 Å². The minimum atomic E-state index is -0.432. The SMILES string of the molecule is CO.COC(=O)CCCC1CCC2C3CCC4C[C@@](C)(O)CCC4(C)C3CCC12C. The second-order valence-corrected chi connectivity index (χ2v) is 11.6. The average molecular weight is 423 g/mol. The zero-order valence-electron chi connectivity index (χ0n) is 20.1. The van der Waals surface area contributed by atoms with E-state index in [9.17, 15) is 9.90 Å². The van der Waals surface area contributed by atoms with E-state index in [2.05, 4.69) is 20.8 Å². The lowest BCUT2D eigenvalue weighted by molar-refractivity contribution is -0.146. The van der Waals surface area contributed by atoms with Crippen molar-refractivity contribution in [3.63, 3.8) is 0 Å². The zero-order valence-corrected chi connectivity index (χ0v) is 20.1. The number of hydrogen-bond donors (Lipinski definition) is 2. The van der Waals surface area contributed by atoms with Crippen molar-refractivity contribution in [3.05, 3.63) is 0 Å². The molecule has 0 heterocycles. The molecule has 0 aromatic carbocycles. The van der Waals surface area contributed by atoms with Crippen LogP contribution < -0.4 is 0 Å². The molecule has 174 valence electrons. The second kappa shape index (κ2) is 9.10. The minimum absolute atomic E-state index is 0.0529. The van der Waals surface area contributed by atoms with Crippen LogP contribution in [0.15, 0.2) is 0 Å². The number of ether oxygens (including phenoxy) is 1. The van der Waals surface area contributed by atoms with Gasteiger partial charge in [0.15, 0.2) is 0 Å². The standard InChI is InChI=1S/C25H42O3.CH4O/c1-23(27)14-15-25(3)18(16-23)8-10-19-20-11-9-17(6-5-7-22(26)28-4)24(20,2)13-12-21(19)25;1-2/h17-21,27H,5-16H2,1-4H3;2H,1H3/t17?,18?,19?,20?,21?,23-,24?,25?;/m0./s1. The minimum Gasteiger partial charge on any atom is -0.469 e. The summed E-state index contributed by atoms with van der Waals surface area (Å²) in [6.45, 7) is 7.23. The highest BCUT2D eigenvalue weighted by atomic mass is 16.5. The molecule has 0 bridgehead atoms. The zero-order chi connectivity index (χ0) is 22.2. The van der Waals surface area contributed by atoms with E-state index in [1.54, 1.807) is 0 Å². The van der Waals surface area contributed by atoms with Crippen LogP contribution in [0.4, 0.5) is 0 Å². The van der Waals surface area contributed by atoms with Gasteiger partial charge < -0.3 is 14.9 Å². The molecule has 30 heavy (non-hydrogen) atoms. The molecule has 8 atom stereocenters. The van der Waals surface area contributed by atoms with Crippen molar-refractivity contribution in [2.24, 2.45) is 40.4 Å². The van der Waals surface area contributed by atoms with Crippen LogP contribution in [0.1, 0.15) is 97.8 Å². The van der Waals surface area contributed by atoms with Crippen LogP contribution in [0.2, 0.25) is 0 Å². The molecule has 0 saturated heterocycles. The lowest BCUT2D eigenvalue weighted by atomic mass is 9.44. The highest BCUT2D eigenvalue weighted by Crippen LogP contribution is 2.68. The van der Waals surface area contributed by atoms with Crippen molar-refractivity contribution < 1.29 is 19.7 Å². The van der Waals surface area contributed by atoms with Gasteiger partial charge in [-0.1, -0.05) is 13.8 Å². The Hall–Kier alpha value is -0.610. The monoisotopic (exact) mass is 422 g/mol. The van der Waals surface area contributed by atoms with E-state index < -0.39 is 5.60 Å². The molecule has 7 unspecified atom stereocenters. The van der Waals surface area contributed by atoms with Crippen LogP contribution in [-0.4, -0.2) is 36.0 Å². The van der Waals surface area contributed by atoms with Crippen molar-refractivity contribution in [2.45, 2.75) is 103 Å². The molecule has 2 N–H and O–H groups in total. The van der Waals surface area contributed by atoms with Crippen molar-refractivity contribution >= 4 is 5.97 Å². The Balaban J connectivity index is 0.00000124. The molecular formula is C26H46O4. The first-order valence-electron chi connectivity index (χ1n) is 12.4. The Morgan fingerprint density at radius 1 is 0.933 bits per heavy atom. The van der Waals surface area contributed by atoms with E-state index in [4.69, 9.17) is 9.84 Å². The van der Waals surface area contributed by atoms with Crippen molar-refractivity contribution in [1.29, 1.82) is 0 Å². The Morgan fingerprint density at radius 3 is 2.33 bits per heavy atom. The van der Waals surface area contributed by atoms with Crippen LogP contribution in [0.25, 0.3) is 0 Å². The summed E-state index contributed by atoms with van der Waals surface area (Å²) in [4.78, 5) is 11.5. The topological polar surface area (TPSA) is 66.8 Å². The first kappa shape index (κ1) is 24.0. The number of hydrogen-bond acceptors (Lipinski definition) is 4. The summed E-state index contributed by atoms with van der Waals surface area (Å²) in [6, 6.07) is 0. The third-order valence-corrected chi connectivity index (χ3v) is 10.3. The Morgan fingerprint density at radius 2 is 1.63 bits per heavy atom. The Labute approximate surface area is 184 Å². The van der Waals surface area contributed by atoms with Gasteiger partial charge in [0.05, 0.1) is 12.7 Å². The average Bonchev–Trinajstić information content (AvgIpc) is 3.06. The van der Waals surface area contributed by atoms with Crippen LogP contribution in [0.3, 0.4) is 0 Å². The molecule has 4 fully saturated rings. The molecular weight excluding hydrogens is 376 g/mol. The van der Waals surface area contributed by atoms with Crippen LogP contribution >= 0.6 is 0 Å². The van der Waals surface area contributed by atoms with Gasteiger partial charge in [-0.15, -0.1) is 0 Å². The van der Waals surface area contributed by atoms with Crippen LogP contribution in [-0.2, 0) is 9.53 Å². The van der Waals surface area contributed by atoms with Crippen molar-refractivity contribution in [2.75, 3.05) is 14.2 Å². The molecule has 0 aliphatic heterocycles. The number of aliphatic hydroxyl groups excluding tert-OH is 1. The first-order valence-corrected chi connectivity index (χ1v) is 12.4. The summed E-state index contributed by atoms with van der Waals surface area (Å²) in [5.74, 6) is 4.11. The third kappa shape index (κ3) is 4.20. The highest BCUT2D eigenvalue weighted by Gasteiger charge is 2.60. The fraction of sp³-hybridized carbons (Fsp3) is 0.962. The van der Waals surface area contributed by atoms with E-state index in [1.807, 2.05) is 0 Å². The predicted molar refractivity (Wildman–Crippen MR) is 120 cm³/mol. The maximum Gasteiger partial charge on any atom is 0.305 e. The van der Waals surface area contributed by atoms with Gasteiger partial charge in [0.1, 0.15) is 0 Å². The summed E-state index contributed by atoms with van der Waals surface area (Å²) in [5, 5.41) is 17.7. The van der Waals surface area contributed by atoms with Gasteiger partial charge in [0, 0.05) is 13.5 Å². The first-order chi connectivity index (χ1) is 14.2. The maximum atomic E-state index is 11.5. The maximum absolute atomic E-state index is 11.5. The van der Waals surface area contributed by atoms with Gasteiger partial charge >= 0.3 is 5.97 Å². The largest absolute Gasteiger partial charge is 0.469 e. The fourth-order valence-electron chi connectivity index (χ4n) is 8.61. The lowest BCUT2D eigenvalue weighted by Gasteiger charge is -2.62. The molecule has 4 nitrogen and oxygen atoms in total. The third-order valence-electron chi connectivity index (χ3n) is 10.3. The molecule has 0 amide bonds. The van der Waals surface area contributed by atoms with Gasteiger partial charge in [-0.05, 0) is 118 Å². The second-order valence-electron chi connectivity index (χ2n) is 11.6. The van der Waals surface area contributed by atoms with E-state index in [0.717, 1.165) is 56.0 Å². The van der Waals surface area contributed by atoms with E-state index in [0.29, 0.717) is 17.3 Å². The Kier molecular flexibility index (Phi) is 7.29. The van der Waals surface area contributed by atoms with Gasteiger partial charge in [0.25, 0.3) is 0 Å². The summed E-state index contributed by atoms with van der Waals surface area (Å²) in [5.41, 5.74) is 0.508. The summed E-state index contributed by atoms with van der Waals surface area (Å²) >= 11 is 0. The lowest BCUT2D eigenvalue weighted by Crippen LogP contribution is -2.55. The van der Waals surface area contributed by atoms with Crippen LogP contribution in [0.5, 0.6) is 0 Å². The molecule has 4 heteroatoms. The number of esters is 1. The highest BCUT2D eigenvalue weighted by molar-refractivity contribution is 5.68. The fourth-order valence-corrected chi connectivity index (χ4v) is 8.61. The van der Waals surface area contributed by atoms with E-state index in [-0.39, 0.29) is 5.97 Å². The number of carbonyl (C=O) groups excluding carboxylic acids is 1. The molecule has 4 aliphatic carbocycles. The van der Waals surface area contributed by atoms with Crippen molar-refractivity contribution in [3.8, 4) is 0 Å². The molecule has 4 rings (SSSR count). The molecule has 0 radical (unpaired) electrons. The van der Waals surface area contributed by atoms with Gasteiger partial charge in [-0.3, -0.25) is 4.79 Å². The normalized spacial score (nSPS) is 47.2. The molecule has 0 spiro atoms. The molecule has 0 aromatic heterocycles. The number of carbonyl (C=O) groups is 1. The van der Waals surface area contributed by atoms with E-state index in [1.165, 1.54) is 58.5 Å². The summed E-state index contributed by atoms with van der Waals surface area (Å²) in [7, 11) is 2.50. The molecule has 0 aromatic rings. The molecule has 4 saturated carbocycles. The number of rotatable bonds is 4. The Bertz CT molecular complexity index is 602. The smallest absolute Gasteiger partial charge is 0.305 e. The number of aliphatic hydroxyl groups is 2. The van der Waals surface area contributed by atoms with Gasteiger partial charge in [-0.25, -0.2) is 0 Å². The van der Waals surface area contributed by atoms with Crippen LogP contribution in [0, 0.1) is 40.4 Å². The molecule has 4 aliphatic rings. The summed E-state index contributed by atoms with van der Waals surface area (Å²) < 4.78 is 4.84.